The minimum atomic E-state index is 0. The van der Waals surface area contributed by atoms with Gasteiger partial charge in [-0.15, -0.1) is 0 Å². The predicted octanol–water partition coefficient (Wildman–Crippen LogP) is 13.1. The van der Waals surface area contributed by atoms with Crippen LogP contribution in [0, 0.1) is 52.3 Å². The zero-order valence-corrected chi connectivity index (χ0v) is 28.1. The van der Waals surface area contributed by atoms with Crippen LogP contribution in [0.3, 0.4) is 0 Å². The molecule has 0 aliphatic heterocycles. The zero-order valence-electron chi connectivity index (χ0n) is 28.1. The molecule has 4 rings (SSSR count). The fraction of sp³-hybridized carbons (Fsp3) is 0.842. The van der Waals surface area contributed by atoms with E-state index in [0.29, 0.717) is 10.8 Å². The molecule has 0 aromatic rings. The van der Waals surface area contributed by atoms with Gasteiger partial charge in [0.05, 0.1) is 0 Å². The topological polar surface area (TPSA) is 0 Å². The molecular weight excluding hydrogens is 456 g/mol. The predicted molar refractivity (Wildman–Crippen MR) is 177 cm³/mol. The Balaban J connectivity index is 0.00000128. The molecule has 224 valence electrons. The smallest absolute Gasteiger partial charge is 0 e. The van der Waals surface area contributed by atoms with Gasteiger partial charge in [-0.1, -0.05) is 98.3 Å². The first-order chi connectivity index (χ1) is 18.1. The zero-order chi connectivity index (χ0) is 29.1. The Morgan fingerprint density at radius 1 is 0.921 bits per heavy atom. The summed E-state index contributed by atoms with van der Waals surface area (Å²) in [5.74, 6) is 7.21. The van der Waals surface area contributed by atoms with Crippen LogP contribution < -0.4 is 0 Å². The van der Waals surface area contributed by atoms with Gasteiger partial charge in [-0.05, 0) is 144 Å². The molecule has 4 aliphatic rings. The lowest BCUT2D eigenvalue weighted by Gasteiger charge is -2.58. The van der Waals surface area contributed by atoms with Gasteiger partial charge in [-0.25, -0.2) is 0 Å². The van der Waals surface area contributed by atoms with Crippen molar-refractivity contribution in [1.29, 1.82) is 0 Å². The van der Waals surface area contributed by atoms with E-state index >= 15 is 0 Å². The van der Waals surface area contributed by atoms with Gasteiger partial charge in [0, 0.05) is 1.43 Å². The van der Waals surface area contributed by atoms with Crippen molar-refractivity contribution in [3.8, 4) is 0 Å². The van der Waals surface area contributed by atoms with E-state index in [0.717, 1.165) is 47.0 Å². The van der Waals surface area contributed by atoms with E-state index in [9.17, 15) is 0 Å². The average Bonchev–Trinajstić information content (AvgIpc) is 3.28. The summed E-state index contributed by atoms with van der Waals surface area (Å²) in [5, 5.41) is 0. The molecule has 0 bridgehead atoms. The highest BCUT2D eigenvalue weighted by Crippen LogP contribution is 2.66. The first-order valence-corrected chi connectivity index (χ1v) is 17.0. The first-order valence-electron chi connectivity index (χ1n) is 17.0. The molecule has 38 heavy (non-hydrogen) atoms. The summed E-state index contributed by atoms with van der Waals surface area (Å²) in [6, 6.07) is 0. The van der Waals surface area contributed by atoms with Gasteiger partial charge in [-0.3, -0.25) is 0 Å². The van der Waals surface area contributed by atoms with E-state index in [1.165, 1.54) is 38.5 Å². The molecule has 0 amide bonds. The summed E-state index contributed by atoms with van der Waals surface area (Å²) in [6.45, 7) is 31.8. The third kappa shape index (κ3) is 8.36. The molecule has 0 radical (unpaired) electrons. The van der Waals surface area contributed by atoms with Crippen LogP contribution in [0.15, 0.2) is 36.5 Å². The van der Waals surface area contributed by atoms with E-state index in [1.54, 1.807) is 50.2 Å². The Bertz CT molecular complexity index is 733. The molecule has 4 aliphatic carbocycles. The fourth-order valence-electron chi connectivity index (χ4n) is 9.76. The second-order valence-corrected chi connectivity index (χ2v) is 13.8. The van der Waals surface area contributed by atoms with Gasteiger partial charge in [0.2, 0.25) is 0 Å². The van der Waals surface area contributed by atoms with Crippen LogP contribution in [0.25, 0.3) is 0 Å². The van der Waals surface area contributed by atoms with Crippen LogP contribution in [0.2, 0.25) is 0 Å². The third-order valence-electron chi connectivity index (χ3n) is 11.5. The maximum absolute atomic E-state index is 3.56. The van der Waals surface area contributed by atoms with Crippen molar-refractivity contribution in [3.05, 3.63) is 36.5 Å². The number of fused-ring (bicyclic) bond motifs is 5. The second kappa shape index (κ2) is 16.5. The van der Waals surface area contributed by atoms with Crippen LogP contribution >= 0.6 is 0 Å². The lowest BCUT2D eigenvalue weighted by atomic mass is 9.47. The Labute approximate surface area is 243 Å². The van der Waals surface area contributed by atoms with E-state index < -0.39 is 0 Å². The minimum absolute atomic E-state index is 0. The summed E-state index contributed by atoms with van der Waals surface area (Å²) >= 11 is 0. The van der Waals surface area contributed by atoms with Crippen LogP contribution in [0.5, 0.6) is 0 Å². The van der Waals surface area contributed by atoms with Gasteiger partial charge >= 0.3 is 0 Å². The van der Waals surface area contributed by atoms with E-state index in [-0.39, 0.29) is 1.43 Å². The molecule has 7 unspecified atom stereocenters. The standard InChI is InChI=1S/C29H50.C5H8.2C2H6.H2/c1-7-15-28(5)16-13-23-22(19-28)9-10-25-24(23)14-17-29(6)26(11-12-27(25)29)21(4)18-20(3)8-2;1-4-5(2)3;2*1-2;/h8,21-27H,7,9-19H2,1-6H3;4H,1-2H2,3H3;2*1-2H3;1H/b20-8+;;;;/t21-,22?,23?,24?,25?,26?,27?,28+,29?;;;;/m1..../s1. The molecule has 0 heteroatoms. The van der Waals surface area contributed by atoms with Crippen molar-refractivity contribution in [2.45, 2.75) is 153 Å². The Morgan fingerprint density at radius 3 is 2.08 bits per heavy atom. The Kier molecular flexibility index (Phi) is 15.3. The summed E-state index contributed by atoms with van der Waals surface area (Å²) < 4.78 is 0. The monoisotopic (exact) mass is 529 g/mol. The molecular formula is C38H72. The summed E-state index contributed by atoms with van der Waals surface area (Å²) in [5.41, 5.74) is 3.94. The number of rotatable bonds is 6. The maximum Gasteiger partial charge on any atom is 0 e. The van der Waals surface area contributed by atoms with Gasteiger partial charge in [-0.2, -0.15) is 0 Å². The number of hydrogen-bond donors (Lipinski definition) is 0. The summed E-state index contributed by atoms with van der Waals surface area (Å²) in [4.78, 5) is 0. The van der Waals surface area contributed by atoms with Gasteiger partial charge < -0.3 is 0 Å². The second-order valence-electron chi connectivity index (χ2n) is 13.8. The molecule has 0 nitrogen and oxygen atoms in total. The molecule has 9 atom stereocenters. The molecule has 0 heterocycles. The van der Waals surface area contributed by atoms with Crippen molar-refractivity contribution in [2.75, 3.05) is 0 Å². The van der Waals surface area contributed by atoms with Gasteiger partial charge in [0.1, 0.15) is 0 Å². The quantitative estimate of drug-likeness (QED) is 0.237. The van der Waals surface area contributed by atoms with Crippen LogP contribution in [-0.4, -0.2) is 0 Å². The first kappa shape index (κ1) is 35.2. The van der Waals surface area contributed by atoms with Crippen molar-refractivity contribution in [2.24, 2.45) is 52.3 Å². The minimum Gasteiger partial charge on any atom is -0.0988 e. The van der Waals surface area contributed by atoms with Crippen molar-refractivity contribution in [3.63, 3.8) is 0 Å². The molecule has 0 N–H and O–H groups in total. The third-order valence-corrected chi connectivity index (χ3v) is 11.5. The van der Waals surface area contributed by atoms with Gasteiger partial charge in [0.15, 0.2) is 0 Å². The Hall–Kier alpha value is -0.780. The highest BCUT2D eigenvalue weighted by molar-refractivity contribution is 5.09. The van der Waals surface area contributed by atoms with E-state index in [4.69, 9.17) is 0 Å². The highest BCUT2D eigenvalue weighted by atomic mass is 14.6. The van der Waals surface area contributed by atoms with Crippen LogP contribution in [0.4, 0.5) is 0 Å². The van der Waals surface area contributed by atoms with Crippen molar-refractivity contribution >= 4 is 0 Å². The normalized spacial score (nSPS) is 38.2. The summed E-state index contributed by atoms with van der Waals surface area (Å²) in [7, 11) is 0. The molecule has 4 fully saturated rings. The van der Waals surface area contributed by atoms with Crippen LogP contribution in [0.1, 0.15) is 155 Å². The van der Waals surface area contributed by atoms with Gasteiger partial charge in [0.25, 0.3) is 0 Å². The fourth-order valence-corrected chi connectivity index (χ4v) is 9.76. The average molecular weight is 529 g/mol. The molecule has 0 spiro atoms. The summed E-state index contributed by atoms with van der Waals surface area (Å²) in [6.07, 6.45) is 22.2. The van der Waals surface area contributed by atoms with Crippen molar-refractivity contribution < 1.29 is 1.43 Å². The molecule has 0 saturated heterocycles. The molecule has 0 aromatic heterocycles. The number of hydrogen-bond acceptors (Lipinski definition) is 0. The Morgan fingerprint density at radius 2 is 1.53 bits per heavy atom. The lowest BCUT2D eigenvalue weighted by Crippen LogP contribution is -2.50. The largest absolute Gasteiger partial charge is 0.0988 e. The van der Waals surface area contributed by atoms with Crippen molar-refractivity contribution in [1.82, 2.24) is 0 Å². The van der Waals surface area contributed by atoms with E-state index in [1.807, 2.05) is 34.6 Å². The highest BCUT2D eigenvalue weighted by Gasteiger charge is 2.58. The van der Waals surface area contributed by atoms with Crippen LogP contribution in [-0.2, 0) is 0 Å². The lowest BCUT2D eigenvalue weighted by molar-refractivity contribution is -0.0834. The van der Waals surface area contributed by atoms with E-state index in [2.05, 4.69) is 60.8 Å². The SMILES string of the molecule is C/C=C(\C)C[C@@H](C)C1CCC2C3CCC4C[C@@](C)(CCC)CCC4C3CCC21C.C=CC(=C)C.CC.CC.[HH]. The number of allylic oxidation sites excluding steroid dienone is 4. The molecule has 4 saturated carbocycles. The maximum atomic E-state index is 3.56. The molecule has 0 aromatic carbocycles.